The van der Waals surface area contributed by atoms with Gasteiger partial charge in [0.1, 0.15) is 5.75 Å². The van der Waals surface area contributed by atoms with Crippen molar-refractivity contribution >= 4 is 25.6 Å². The van der Waals surface area contributed by atoms with Crippen molar-refractivity contribution in [1.82, 2.24) is 5.32 Å². The summed E-state index contributed by atoms with van der Waals surface area (Å²) in [6.45, 7) is 2.12. The molecule has 1 aliphatic carbocycles. The third kappa shape index (κ3) is 3.24. The van der Waals surface area contributed by atoms with Crippen LogP contribution in [0.1, 0.15) is 30.1 Å². The van der Waals surface area contributed by atoms with Gasteiger partial charge in [0, 0.05) is 16.7 Å². The quantitative estimate of drug-likeness (QED) is 0.864. The molecular formula is C13H16ClNO4S. The van der Waals surface area contributed by atoms with Crippen LogP contribution in [0.5, 0.6) is 5.75 Å². The molecule has 1 fully saturated rings. The van der Waals surface area contributed by atoms with Gasteiger partial charge in [-0.3, -0.25) is 4.79 Å². The molecule has 1 aliphatic rings. The lowest BCUT2D eigenvalue weighted by Gasteiger charge is -2.33. The van der Waals surface area contributed by atoms with Crippen LogP contribution in [0.15, 0.2) is 23.1 Å². The zero-order valence-corrected chi connectivity index (χ0v) is 12.8. The highest BCUT2D eigenvalue weighted by molar-refractivity contribution is 8.13. The number of carbonyl (C=O) groups excluding carboxylic acids is 1. The van der Waals surface area contributed by atoms with Gasteiger partial charge in [0.2, 0.25) is 0 Å². The molecule has 0 aromatic heterocycles. The summed E-state index contributed by atoms with van der Waals surface area (Å²) in [6.07, 6.45) is 1.86. The van der Waals surface area contributed by atoms with Gasteiger partial charge in [-0.25, -0.2) is 8.42 Å². The molecule has 1 saturated carbocycles. The number of ether oxygens (including phenoxy) is 1. The predicted octanol–water partition coefficient (Wildman–Crippen LogP) is 2.15. The maximum atomic E-state index is 12.2. The Hall–Kier alpha value is -1.27. The van der Waals surface area contributed by atoms with Gasteiger partial charge in [0.15, 0.2) is 0 Å². The van der Waals surface area contributed by atoms with Crippen LogP contribution in [0.3, 0.4) is 0 Å². The predicted molar refractivity (Wildman–Crippen MR) is 75.7 cm³/mol. The maximum Gasteiger partial charge on any atom is 0.261 e. The van der Waals surface area contributed by atoms with E-state index in [9.17, 15) is 13.2 Å². The summed E-state index contributed by atoms with van der Waals surface area (Å²) in [6, 6.07) is 4.11. The first-order valence-corrected chi connectivity index (χ1v) is 8.55. The molecule has 1 aromatic carbocycles. The van der Waals surface area contributed by atoms with Crippen molar-refractivity contribution in [2.45, 2.75) is 30.7 Å². The van der Waals surface area contributed by atoms with Crippen molar-refractivity contribution in [1.29, 1.82) is 0 Å². The van der Waals surface area contributed by atoms with Crippen molar-refractivity contribution in [3.05, 3.63) is 23.8 Å². The summed E-state index contributed by atoms with van der Waals surface area (Å²) < 4.78 is 27.8. The smallest absolute Gasteiger partial charge is 0.261 e. The van der Waals surface area contributed by atoms with Crippen molar-refractivity contribution in [2.75, 3.05) is 7.11 Å². The van der Waals surface area contributed by atoms with E-state index in [1.165, 1.54) is 25.3 Å². The van der Waals surface area contributed by atoms with Gasteiger partial charge in [-0.05, 0) is 37.0 Å². The molecule has 0 saturated heterocycles. The van der Waals surface area contributed by atoms with Gasteiger partial charge in [-0.15, -0.1) is 0 Å². The molecule has 0 spiro atoms. The molecule has 1 aromatic rings. The summed E-state index contributed by atoms with van der Waals surface area (Å²) in [5.41, 5.74) is 0.175. The molecule has 5 nitrogen and oxygen atoms in total. The molecule has 7 heteroatoms. The monoisotopic (exact) mass is 317 g/mol. The highest BCUT2D eigenvalue weighted by Crippen LogP contribution is 2.28. The topological polar surface area (TPSA) is 72.5 Å². The third-order valence-corrected chi connectivity index (χ3v) is 4.76. The van der Waals surface area contributed by atoms with Crippen molar-refractivity contribution in [2.24, 2.45) is 5.92 Å². The van der Waals surface area contributed by atoms with Gasteiger partial charge >= 0.3 is 0 Å². The number of amides is 1. The largest absolute Gasteiger partial charge is 0.496 e. The molecule has 1 amide bonds. The van der Waals surface area contributed by atoms with E-state index in [0.717, 1.165) is 12.8 Å². The Morgan fingerprint density at radius 3 is 2.55 bits per heavy atom. The molecule has 0 heterocycles. The minimum absolute atomic E-state index is 0.118. The molecule has 0 atom stereocenters. The van der Waals surface area contributed by atoms with Crippen LogP contribution >= 0.6 is 10.7 Å². The standard InChI is InChI=1S/C13H16ClNO4S/c1-8-5-9(6-8)15-13(16)11-7-10(20(14,17)18)3-4-12(11)19-2/h3-4,7-9H,5-6H2,1-2H3,(H,15,16). The number of hydrogen-bond acceptors (Lipinski definition) is 4. The van der Waals surface area contributed by atoms with Crippen LogP contribution in [-0.4, -0.2) is 27.5 Å². The Morgan fingerprint density at radius 2 is 2.05 bits per heavy atom. The number of nitrogens with one attached hydrogen (secondary N) is 1. The molecular weight excluding hydrogens is 302 g/mol. The summed E-state index contributed by atoms with van der Waals surface area (Å²) in [5, 5.41) is 2.86. The lowest BCUT2D eigenvalue weighted by atomic mass is 9.82. The number of methoxy groups -OCH3 is 1. The van der Waals surface area contributed by atoms with Crippen LogP contribution in [0.2, 0.25) is 0 Å². The van der Waals surface area contributed by atoms with E-state index in [-0.39, 0.29) is 22.4 Å². The first kappa shape index (κ1) is 15.1. The van der Waals surface area contributed by atoms with E-state index in [1.54, 1.807) is 0 Å². The zero-order valence-electron chi connectivity index (χ0n) is 11.2. The lowest BCUT2D eigenvalue weighted by Crippen LogP contribution is -2.43. The molecule has 0 aliphatic heterocycles. The van der Waals surface area contributed by atoms with Gasteiger partial charge in [-0.2, -0.15) is 0 Å². The molecule has 0 radical (unpaired) electrons. The number of rotatable bonds is 4. The number of halogens is 1. The normalized spacial score (nSPS) is 21.9. The van der Waals surface area contributed by atoms with Crippen LogP contribution in [0.25, 0.3) is 0 Å². The Labute approximate surface area is 122 Å². The Kier molecular flexibility index (Phi) is 4.25. The van der Waals surface area contributed by atoms with Crippen LogP contribution < -0.4 is 10.1 Å². The van der Waals surface area contributed by atoms with Gasteiger partial charge in [0.25, 0.3) is 15.0 Å². The molecule has 0 unspecified atom stereocenters. The van der Waals surface area contributed by atoms with Crippen LogP contribution in [0, 0.1) is 5.92 Å². The maximum absolute atomic E-state index is 12.2. The van der Waals surface area contributed by atoms with Crippen LogP contribution in [0.4, 0.5) is 0 Å². The van der Waals surface area contributed by atoms with Crippen molar-refractivity contribution < 1.29 is 17.9 Å². The summed E-state index contributed by atoms with van der Waals surface area (Å²) in [7, 11) is 2.84. The molecule has 1 N–H and O–H groups in total. The van der Waals surface area contributed by atoms with Gasteiger partial charge < -0.3 is 10.1 Å². The molecule has 2 rings (SSSR count). The highest BCUT2D eigenvalue weighted by atomic mass is 35.7. The van der Waals surface area contributed by atoms with Crippen molar-refractivity contribution in [3.8, 4) is 5.75 Å². The van der Waals surface area contributed by atoms with E-state index in [4.69, 9.17) is 15.4 Å². The second kappa shape index (κ2) is 5.61. The Bertz CT molecular complexity index is 623. The minimum atomic E-state index is -3.88. The van der Waals surface area contributed by atoms with Gasteiger partial charge in [0.05, 0.1) is 17.6 Å². The minimum Gasteiger partial charge on any atom is -0.496 e. The van der Waals surface area contributed by atoms with Crippen molar-refractivity contribution in [3.63, 3.8) is 0 Å². The number of benzene rings is 1. The first-order valence-electron chi connectivity index (χ1n) is 6.25. The second-order valence-corrected chi connectivity index (χ2v) is 7.61. The van der Waals surface area contributed by atoms with E-state index >= 15 is 0 Å². The zero-order chi connectivity index (χ0) is 14.9. The fraction of sp³-hybridized carbons (Fsp3) is 0.462. The SMILES string of the molecule is COc1ccc(S(=O)(=O)Cl)cc1C(=O)NC1CC(C)C1. The highest BCUT2D eigenvalue weighted by Gasteiger charge is 2.28. The summed E-state index contributed by atoms with van der Waals surface area (Å²) in [4.78, 5) is 12.1. The Morgan fingerprint density at radius 1 is 1.40 bits per heavy atom. The first-order chi connectivity index (χ1) is 9.31. The molecule has 110 valence electrons. The lowest BCUT2D eigenvalue weighted by molar-refractivity contribution is 0.0893. The van der Waals surface area contributed by atoms with E-state index in [2.05, 4.69) is 12.2 Å². The fourth-order valence-electron chi connectivity index (χ4n) is 2.30. The Balaban J connectivity index is 2.26. The summed E-state index contributed by atoms with van der Waals surface area (Å²) in [5.74, 6) is 0.580. The second-order valence-electron chi connectivity index (χ2n) is 5.05. The van der Waals surface area contributed by atoms with Gasteiger partial charge in [-0.1, -0.05) is 6.92 Å². The molecule has 20 heavy (non-hydrogen) atoms. The van der Waals surface area contributed by atoms with E-state index in [1.807, 2.05) is 0 Å². The number of hydrogen-bond donors (Lipinski definition) is 1. The fourth-order valence-corrected chi connectivity index (χ4v) is 3.08. The molecule has 0 bridgehead atoms. The third-order valence-electron chi connectivity index (χ3n) is 3.41. The van der Waals surface area contributed by atoms with Crippen LogP contribution in [-0.2, 0) is 9.05 Å². The summed E-state index contributed by atoms with van der Waals surface area (Å²) >= 11 is 0. The average Bonchev–Trinajstić information content (AvgIpc) is 2.35. The van der Waals surface area contributed by atoms with E-state index < -0.39 is 9.05 Å². The average molecular weight is 318 g/mol. The van der Waals surface area contributed by atoms with E-state index in [0.29, 0.717) is 11.7 Å². The number of carbonyl (C=O) groups is 1.